The largest absolute Gasteiger partial charge is 0.375 e. The highest BCUT2D eigenvalue weighted by molar-refractivity contribution is 7.11. The fraction of sp³-hybridized carbons (Fsp3) is 0.250. The zero-order valence-electron chi connectivity index (χ0n) is 9.76. The topological polar surface area (TPSA) is 66.5 Å². The van der Waals surface area contributed by atoms with Gasteiger partial charge in [-0.3, -0.25) is 5.10 Å². The van der Waals surface area contributed by atoms with Crippen molar-refractivity contribution in [2.24, 2.45) is 0 Å². The average molecular weight is 259 g/mol. The number of fused-ring (bicyclic) bond motifs is 1. The van der Waals surface area contributed by atoms with Gasteiger partial charge in [0, 0.05) is 18.4 Å². The predicted molar refractivity (Wildman–Crippen MR) is 72.8 cm³/mol. The molecule has 92 valence electrons. The van der Waals surface area contributed by atoms with Crippen molar-refractivity contribution in [1.82, 2.24) is 19.6 Å². The van der Waals surface area contributed by atoms with Gasteiger partial charge in [0.2, 0.25) is 0 Å². The summed E-state index contributed by atoms with van der Waals surface area (Å²) in [5.41, 5.74) is 1.06. The summed E-state index contributed by atoms with van der Waals surface area (Å²) in [5, 5.41) is 12.5. The van der Waals surface area contributed by atoms with Gasteiger partial charge in [0.25, 0.3) is 0 Å². The van der Waals surface area contributed by atoms with Crippen LogP contribution in [0.1, 0.15) is 12.2 Å². The molecule has 0 fully saturated rings. The summed E-state index contributed by atoms with van der Waals surface area (Å²) in [6.45, 7) is 0.910. The van der Waals surface area contributed by atoms with Crippen LogP contribution in [0.5, 0.6) is 0 Å². The normalized spacial score (nSPS) is 10.9. The first-order valence-electron chi connectivity index (χ1n) is 5.86. The van der Waals surface area contributed by atoms with E-state index in [9.17, 15) is 0 Å². The molecule has 0 aliphatic rings. The average Bonchev–Trinajstić information content (AvgIpc) is 3.04. The van der Waals surface area contributed by atoms with Crippen molar-refractivity contribution in [3.8, 4) is 0 Å². The van der Waals surface area contributed by atoms with Gasteiger partial charge < -0.3 is 5.32 Å². The number of nitrogens with zero attached hydrogens (tertiary/aromatic N) is 3. The highest BCUT2D eigenvalue weighted by atomic mass is 32.1. The molecule has 18 heavy (non-hydrogen) atoms. The monoisotopic (exact) mass is 259 g/mol. The molecule has 0 spiro atoms. The van der Waals surface area contributed by atoms with Gasteiger partial charge in [-0.05, 0) is 30.1 Å². The van der Waals surface area contributed by atoms with Crippen LogP contribution in [0.15, 0.2) is 30.6 Å². The zero-order chi connectivity index (χ0) is 12.2. The molecule has 0 amide bonds. The summed E-state index contributed by atoms with van der Waals surface area (Å²) in [6.07, 6.45) is 3.46. The lowest BCUT2D eigenvalue weighted by Crippen LogP contribution is -2.02. The Balaban J connectivity index is 1.57. The van der Waals surface area contributed by atoms with Crippen molar-refractivity contribution in [1.29, 1.82) is 0 Å². The SMILES string of the molecule is c1ccc2c(NCCCc3ncn[nH]3)snc2c1. The molecule has 0 aliphatic carbocycles. The molecule has 6 heteroatoms. The lowest BCUT2D eigenvalue weighted by atomic mass is 10.2. The summed E-state index contributed by atoms with van der Waals surface area (Å²) in [4.78, 5) is 4.10. The van der Waals surface area contributed by atoms with Gasteiger partial charge >= 0.3 is 0 Å². The highest BCUT2D eigenvalue weighted by Gasteiger charge is 2.04. The summed E-state index contributed by atoms with van der Waals surface area (Å²) < 4.78 is 4.40. The summed E-state index contributed by atoms with van der Waals surface area (Å²) in [5.74, 6) is 0.936. The molecule has 2 N–H and O–H groups in total. The van der Waals surface area contributed by atoms with E-state index in [0.29, 0.717) is 0 Å². The van der Waals surface area contributed by atoms with Crippen LogP contribution in [0, 0.1) is 0 Å². The smallest absolute Gasteiger partial charge is 0.137 e. The van der Waals surface area contributed by atoms with Crippen molar-refractivity contribution in [3.05, 3.63) is 36.4 Å². The van der Waals surface area contributed by atoms with Gasteiger partial charge in [0.1, 0.15) is 17.2 Å². The van der Waals surface area contributed by atoms with Crippen molar-refractivity contribution in [2.75, 3.05) is 11.9 Å². The molecule has 5 nitrogen and oxygen atoms in total. The molecule has 0 saturated carbocycles. The summed E-state index contributed by atoms with van der Waals surface area (Å²) in [7, 11) is 0. The Labute approximate surface area is 108 Å². The van der Waals surface area contributed by atoms with E-state index in [1.54, 1.807) is 6.33 Å². The first-order valence-corrected chi connectivity index (χ1v) is 6.63. The van der Waals surface area contributed by atoms with Crippen LogP contribution in [0.3, 0.4) is 0 Å². The van der Waals surface area contributed by atoms with Crippen LogP contribution in [0.2, 0.25) is 0 Å². The number of anilines is 1. The standard InChI is InChI=1S/C12H13N5S/c1-2-5-10-9(4-1)12(18-17-10)13-7-3-6-11-14-8-15-16-11/h1-2,4-5,8,13H,3,6-7H2,(H,14,15,16). The Kier molecular flexibility index (Phi) is 3.18. The van der Waals surface area contributed by atoms with Gasteiger partial charge in [-0.15, -0.1) is 0 Å². The van der Waals surface area contributed by atoms with Crippen LogP contribution in [0.25, 0.3) is 10.9 Å². The van der Waals surface area contributed by atoms with E-state index in [1.807, 2.05) is 18.2 Å². The molecule has 0 radical (unpaired) electrons. The Morgan fingerprint density at radius 3 is 3.11 bits per heavy atom. The molecule has 2 heterocycles. The third kappa shape index (κ3) is 2.33. The second-order valence-electron chi connectivity index (χ2n) is 3.99. The molecular formula is C12H13N5S. The molecule has 0 saturated heterocycles. The van der Waals surface area contributed by atoms with Crippen LogP contribution < -0.4 is 5.32 Å². The van der Waals surface area contributed by atoms with E-state index in [0.717, 1.165) is 35.7 Å². The van der Waals surface area contributed by atoms with Crippen molar-refractivity contribution >= 4 is 27.4 Å². The zero-order valence-corrected chi connectivity index (χ0v) is 10.6. The van der Waals surface area contributed by atoms with E-state index in [2.05, 4.69) is 30.9 Å². The summed E-state index contributed by atoms with van der Waals surface area (Å²) >= 11 is 1.51. The maximum atomic E-state index is 4.40. The van der Waals surface area contributed by atoms with Crippen LogP contribution in [-0.2, 0) is 6.42 Å². The second kappa shape index (κ2) is 5.14. The molecule has 1 aromatic carbocycles. The minimum atomic E-state index is 0.906. The number of rotatable bonds is 5. The molecule has 2 aromatic heterocycles. The number of benzene rings is 1. The molecule has 0 bridgehead atoms. The van der Waals surface area contributed by atoms with Gasteiger partial charge in [-0.2, -0.15) is 9.47 Å². The number of aromatic amines is 1. The van der Waals surface area contributed by atoms with E-state index in [4.69, 9.17) is 0 Å². The van der Waals surface area contributed by atoms with Gasteiger partial charge in [0.05, 0.1) is 5.52 Å². The fourth-order valence-electron chi connectivity index (χ4n) is 1.83. The minimum absolute atomic E-state index is 0.906. The van der Waals surface area contributed by atoms with Gasteiger partial charge in [-0.1, -0.05) is 12.1 Å². The maximum absolute atomic E-state index is 4.40. The lowest BCUT2D eigenvalue weighted by Gasteiger charge is -2.02. The van der Waals surface area contributed by atoms with Gasteiger partial charge in [0.15, 0.2) is 0 Å². The maximum Gasteiger partial charge on any atom is 0.137 e. The Hall–Kier alpha value is -1.95. The second-order valence-corrected chi connectivity index (χ2v) is 4.76. The number of aromatic nitrogens is 4. The highest BCUT2D eigenvalue weighted by Crippen LogP contribution is 2.26. The number of H-pyrrole nitrogens is 1. The number of aryl methyl sites for hydroxylation is 1. The summed E-state index contributed by atoms with van der Waals surface area (Å²) in [6, 6.07) is 8.18. The van der Waals surface area contributed by atoms with Crippen molar-refractivity contribution in [2.45, 2.75) is 12.8 Å². The van der Waals surface area contributed by atoms with Crippen LogP contribution >= 0.6 is 11.5 Å². The number of nitrogens with one attached hydrogen (secondary N) is 2. The van der Waals surface area contributed by atoms with E-state index in [1.165, 1.54) is 16.9 Å². The van der Waals surface area contributed by atoms with Crippen LogP contribution in [0.4, 0.5) is 5.00 Å². The molecule has 0 atom stereocenters. The van der Waals surface area contributed by atoms with Crippen LogP contribution in [-0.4, -0.2) is 26.1 Å². The first kappa shape index (κ1) is 11.2. The van der Waals surface area contributed by atoms with Gasteiger partial charge in [-0.25, -0.2) is 4.98 Å². The van der Waals surface area contributed by atoms with E-state index in [-0.39, 0.29) is 0 Å². The Morgan fingerprint density at radius 1 is 1.28 bits per heavy atom. The van der Waals surface area contributed by atoms with Crippen molar-refractivity contribution < 1.29 is 0 Å². The molecule has 0 aliphatic heterocycles. The van der Waals surface area contributed by atoms with Crippen molar-refractivity contribution in [3.63, 3.8) is 0 Å². The van der Waals surface area contributed by atoms with E-state index < -0.39 is 0 Å². The quantitative estimate of drug-likeness (QED) is 0.691. The Bertz CT molecular complexity index is 616. The first-order chi connectivity index (χ1) is 8.93. The number of hydrogen-bond donors (Lipinski definition) is 2. The molecule has 0 unspecified atom stereocenters. The third-order valence-electron chi connectivity index (χ3n) is 2.72. The molecular weight excluding hydrogens is 246 g/mol. The lowest BCUT2D eigenvalue weighted by molar-refractivity contribution is 0.807. The third-order valence-corrected chi connectivity index (χ3v) is 3.56. The fourth-order valence-corrected chi connectivity index (χ4v) is 2.61. The van der Waals surface area contributed by atoms with E-state index >= 15 is 0 Å². The Morgan fingerprint density at radius 2 is 2.22 bits per heavy atom. The minimum Gasteiger partial charge on any atom is -0.375 e. The molecule has 3 aromatic rings. The predicted octanol–water partition coefficient (Wildman–Crippen LogP) is 2.46. The number of hydrogen-bond acceptors (Lipinski definition) is 5. The molecule has 3 rings (SSSR count).